The third-order valence-corrected chi connectivity index (χ3v) is 3.87. The van der Waals surface area contributed by atoms with Gasteiger partial charge in [-0.3, -0.25) is 4.79 Å². The topological polar surface area (TPSA) is 55.1 Å². The molecule has 0 heterocycles. The Bertz CT molecular complexity index is 230. The van der Waals surface area contributed by atoms with Gasteiger partial charge in [-0.05, 0) is 31.6 Å². The van der Waals surface area contributed by atoms with Crippen molar-refractivity contribution in [3.05, 3.63) is 0 Å². The molecule has 0 aromatic carbocycles. The molecule has 2 saturated carbocycles. The minimum atomic E-state index is 0.103. The second-order valence-corrected chi connectivity index (χ2v) is 5.46. The van der Waals surface area contributed by atoms with Crippen LogP contribution in [0.1, 0.15) is 57.8 Å². The van der Waals surface area contributed by atoms with Crippen LogP contribution in [0.3, 0.4) is 0 Å². The smallest absolute Gasteiger partial charge is 0.221 e. The SMILES string of the molecule is NC(CC(=O)NC1CCCCCC1)C1CC1. The Morgan fingerprint density at radius 3 is 2.31 bits per heavy atom. The van der Waals surface area contributed by atoms with Gasteiger partial charge in [0.25, 0.3) is 0 Å². The molecule has 0 spiro atoms. The maximum atomic E-state index is 11.8. The van der Waals surface area contributed by atoms with Gasteiger partial charge < -0.3 is 11.1 Å². The zero-order chi connectivity index (χ0) is 11.4. The Hall–Kier alpha value is -0.570. The van der Waals surface area contributed by atoms with Crippen molar-refractivity contribution >= 4 is 5.91 Å². The van der Waals surface area contributed by atoms with E-state index in [0.29, 0.717) is 18.4 Å². The quantitative estimate of drug-likeness (QED) is 0.717. The first-order valence-electron chi connectivity index (χ1n) is 6.80. The number of nitrogens with two attached hydrogens (primary N) is 1. The Morgan fingerprint density at radius 1 is 1.12 bits per heavy atom. The Morgan fingerprint density at radius 2 is 1.75 bits per heavy atom. The molecule has 1 atom stereocenters. The van der Waals surface area contributed by atoms with E-state index in [0.717, 1.165) is 12.8 Å². The van der Waals surface area contributed by atoms with Gasteiger partial charge in [-0.2, -0.15) is 0 Å². The van der Waals surface area contributed by atoms with Gasteiger partial charge in [0, 0.05) is 18.5 Å². The number of amides is 1. The average molecular weight is 224 g/mol. The number of carbonyl (C=O) groups excluding carboxylic acids is 1. The third kappa shape index (κ3) is 3.78. The summed E-state index contributed by atoms with van der Waals surface area (Å²) in [6.45, 7) is 0. The van der Waals surface area contributed by atoms with Crippen molar-refractivity contribution in [2.24, 2.45) is 11.7 Å². The highest BCUT2D eigenvalue weighted by molar-refractivity contribution is 5.76. The summed E-state index contributed by atoms with van der Waals surface area (Å²) in [5.41, 5.74) is 5.96. The lowest BCUT2D eigenvalue weighted by Gasteiger charge is -2.17. The van der Waals surface area contributed by atoms with Gasteiger partial charge in [-0.25, -0.2) is 0 Å². The fourth-order valence-corrected chi connectivity index (χ4v) is 2.62. The van der Waals surface area contributed by atoms with Crippen LogP contribution in [0.2, 0.25) is 0 Å². The molecular weight excluding hydrogens is 200 g/mol. The normalized spacial score (nSPS) is 24.8. The van der Waals surface area contributed by atoms with E-state index < -0.39 is 0 Å². The molecule has 1 amide bonds. The van der Waals surface area contributed by atoms with E-state index >= 15 is 0 Å². The highest BCUT2D eigenvalue weighted by Gasteiger charge is 2.30. The molecule has 92 valence electrons. The van der Waals surface area contributed by atoms with E-state index in [4.69, 9.17) is 5.73 Å². The molecule has 1 unspecified atom stereocenters. The molecule has 2 aliphatic carbocycles. The number of nitrogens with one attached hydrogen (secondary N) is 1. The molecule has 0 saturated heterocycles. The van der Waals surface area contributed by atoms with E-state index in [9.17, 15) is 4.79 Å². The largest absolute Gasteiger partial charge is 0.353 e. The number of carbonyl (C=O) groups is 1. The van der Waals surface area contributed by atoms with Crippen LogP contribution in [-0.4, -0.2) is 18.0 Å². The van der Waals surface area contributed by atoms with Crippen LogP contribution < -0.4 is 11.1 Å². The zero-order valence-electron chi connectivity index (χ0n) is 10.1. The van der Waals surface area contributed by atoms with Crippen LogP contribution in [0, 0.1) is 5.92 Å². The molecule has 0 radical (unpaired) electrons. The minimum absolute atomic E-state index is 0.103. The van der Waals surface area contributed by atoms with E-state index in [2.05, 4.69) is 5.32 Å². The molecule has 0 aliphatic heterocycles. The maximum absolute atomic E-state index is 11.8. The molecule has 3 nitrogen and oxygen atoms in total. The van der Waals surface area contributed by atoms with Gasteiger partial charge in [-0.1, -0.05) is 25.7 Å². The molecule has 2 aliphatic rings. The van der Waals surface area contributed by atoms with Crippen LogP contribution in [0.5, 0.6) is 0 Å². The lowest BCUT2D eigenvalue weighted by atomic mass is 10.1. The molecule has 2 fully saturated rings. The van der Waals surface area contributed by atoms with E-state index in [1.54, 1.807) is 0 Å². The van der Waals surface area contributed by atoms with Crippen LogP contribution in [-0.2, 0) is 4.79 Å². The fraction of sp³-hybridized carbons (Fsp3) is 0.923. The highest BCUT2D eigenvalue weighted by Crippen LogP contribution is 2.32. The molecule has 0 aromatic rings. The number of hydrogen-bond acceptors (Lipinski definition) is 2. The Balaban J connectivity index is 1.68. The summed E-state index contributed by atoms with van der Waals surface area (Å²) in [4.78, 5) is 11.8. The first-order chi connectivity index (χ1) is 7.75. The first-order valence-corrected chi connectivity index (χ1v) is 6.80. The molecule has 2 rings (SSSR count). The van der Waals surface area contributed by atoms with Crippen LogP contribution in [0.4, 0.5) is 0 Å². The summed E-state index contributed by atoms with van der Waals surface area (Å²) in [7, 11) is 0. The lowest BCUT2D eigenvalue weighted by Crippen LogP contribution is -2.38. The van der Waals surface area contributed by atoms with E-state index in [1.165, 1.54) is 38.5 Å². The summed E-state index contributed by atoms with van der Waals surface area (Å²) < 4.78 is 0. The molecule has 0 aromatic heterocycles. The Kier molecular flexibility index (Phi) is 4.22. The predicted octanol–water partition coefficient (Wildman–Crippen LogP) is 1.95. The predicted molar refractivity (Wildman–Crippen MR) is 64.9 cm³/mol. The molecule has 3 heteroatoms. The standard InChI is InChI=1S/C13H24N2O/c14-12(10-7-8-10)9-13(16)15-11-5-3-1-2-4-6-11/h10-12H,1-9,14H2,(H,15,16). The van der Waals surface area contributed by atoms with Crippen molar-refractivity contribution in [1.82, 2.24) is 5.32 Å². The Labute approximate surface area is 98.2 Å². The first kappa shape index (κ1) is 11.9. The number of rotatable bonds is 4. The molecule has 16 heavy (non-hydrogen) atoms. The summed E-state index contributed by atoms with van der Waals surface area (Å²) in [6, 6.07) is 0.521. The van der Waals surface area contributed by atoms with Crippen molar-refractivity contribution < 1.29 is 4.79 Å². The van der Waals surface area contributed by atoms with Crippen LogP contribution in [0.25, 0.3) is 0 Å². The van der Waals surface area contributed by atoms with Gasteiger partial charge in [-0.15, -0.1) is 0 Å². The summed E-state index contributed by atoms with van der Waals surface area (Å²) in [6.07, 6.45) is 10.5. The van der Waals surface area contributed by atoms with Crippen molar-refractivity contribution in [2.75, 3.05) is 0 Å². The summed E-state index contributed by atoms with van der Waals surface area (Å²) in [5.74, 6) is 0.797. The molecule has 0 bridgehead atoms. The monoisotopic (exact) mass is 224 g/mol. The number of hydrogen-bond donors (Lipinski definition) is 2. The molecular formula is C13H24N2O. The average Bonchev–Trinajstić information content (AvgIpc) is 3.05. The van der Waals surface area contributed by atoms with Crippen LogP contribution in [0.15, 0.2) is 0 Å². The van der Waals surface area contributed by atoms with Gasteiger partial charge in [0.1, 0.15) is 0 Å². The van der Waals surface area contributed by atoms with Crippen molar-refractivity contribution in [2.45, 2.75) is 69.9 Å². The maximum Gasteiger partial charge on any atom is 0.221 e. The lowest BCUT2D eigenvalue weighted by molar-refractivity contribution is -0.122. The zero-order valence-corrected chi connectivity index (χ0v) is 10.1. The highest BCUT2D eigenvalue weighted by atomic mass is 16.1. The second kappa shape index (κ2) is 5.67. The fourth-order valence-electron chi connectivity index (χ4n) is 2.62. The molecule has 3 N–H and O–H groups in total. The minimum Gasteiger partial charge on any atom is -0.353 e. The van der Waals surface area contributed by atoms with Crippen LogP contribution >= 0.6 is 0 Å². The van der Waals surface area contributed by atoms with Crippen molar-refractivity contribution in [3.63, 3.8) is 0 Å². The summed E-state index contributed by atoms with van der Waals surface area (Å²) >= 11 is 0. The van der Waals surface area contributed by atoms with Gasteiger partial charge in [0.2, 0.25) is 5.91 Å². The van der Waals surface area contributed by atoms with Gasteiger partial charge in [0.15, 0.2) is 0 Å². The van der Waals surface area contributed by atoms with Gasteiger partial charge >= 0.3 is 0 Å². The van der Waals surface area contributed by atoms with Crippen molar-refractivity contribution in [3.8, 4) is 0 Å². The van der Waals surface area contributed by atoms with Crippen molar-refractivity contribution in [1.29, 1.82) is 0 Å². The van der Waals surface area contributed by atoms with E-state index in [1.807, 2.05) is 0 Å². The third-order valence-electron chi connectivity index (χ3n) is 3.87. The second-order valence-electron chi connectivity index (χ2n) is 5.46. The van der Waals surface area contributed by atoms with E-state index in [-0.39, 0.29) is 11.9 Å². The summed E-state index contributed by atoms with van der Waals surface area (Å²) in [5, 5.41) is 3.15. The van der Waals surface area contributed by atoms with Gasteiger partial charge in [0.05, 0.1) is 0 Å².